The highest BCUT2D eigenvalue weighted by Crippen LogP contribution is 2.12. The summed E-state index contributed by atoms with van der Waals surface area (Å²) in [6, 6.07) is 7.85. The number of ether oxygens (including phenoxy) is 1. The number of aliphatic hydroxyl groups excluding tert-OH is 1. The Labute approximate surface area is 112 Å². The minimum atomic E-state index is -3.85. The highest BCUT2D eigenvalue weighted by atomic mass is 32.2. The van der Waals surface area contributed by atoms with Crippen LogP contribution in [-0.2, 0) is 19.6 Å². The zero-order valence-corrected chi connectivity index (χ0v) is 11.4. The molecule has 1 rings (SSSR count). The van der Waals surface area contributed by atoms with Gasteiger partial charge in [-0.1, -0.05) is 30.3 Å². The number of aliphatic hydroxyl groups is 1. The summed E-state index contributed by atoms with van der Waals surface area (Å²) in [6.07, 6.45) is 0. The molecule has 2 N–H and O–H groups in total. The van der Waals surface area contributed by atoms with Crippen molar-refractivity contribution in [1.29, 1.82) is 0 Å². The third-order valence-corrected chi connectivity index (χ3v) is 3.58. The smallest absolute Gasteiger partial charge is 0.322 e. The topological polar surface area (TPSA) is 92.7 Å². The van der Waals surface area contributed by atoms with Crippen molar-refractivity contribution < 1.29 is 23.1 Å². The Balaban J connectivity index is 2.73. The van der Waals surface area contributed by atoms with Gasteiger partial charge in [-0.3, -0.25) is 4.79 Å². The van der Waals surface area contributed by atoms with E-state index in [0.29, 0.717) is 5.56 Å². The van der Waals surface area contributed by atoms with E-state index in [0.717, 1.165) is 0 Å². The highest BCUT2D eigenvalue weighted by Gasteiger charge is 2.22. The van der Waals surface area contributed by atoms with Gasteiger partial charge in [0.15, 0.2) is 5.75 Å². The molecule has 0 aliphatic rings. The van der Waals surface area contributed by atoms with Gasteiger partial charge in [-0.15, -0.1) is 0 Å². The number of rotatable bonds is 7. The number of sulfonamides is 1. The number of hydrogen-bond acceptors (Lipinski definition) is 5. The first-order valence-corrected chi connectivity index (χ1v) is 7.45. The van der Waals surface area contributed by atoms with Crippen LogP contribution >= 0.6 is 0 Å². The molecule has 0 unspecified atom stereocenters. The van der Waals surface area contributed by atoms with Crippen molar-refractivity contribution in [3.05, 3.63) is 35.9 Å². The van der Waals surface area contributed by atoms with Crippen LogP contribution in [-0.4, -0.2) is 38.5 Å². The molecule has 0 spiro atoms. The van der Waals surface area contributed by atoms with Crippen LogP contribution in [0, 0.1) is 0 Å². The molecule has 0 bridgehead atoms. The van der Waals surface area contributed by atoms with E-state index in [1.165, 1.54) is 0 Å². The van der Waals surface area contributed by atoms with Crippen molar-refractivity contribution in [2.75, 3.05) is 19.0 Å². The summed E-state index contributed by atoms with van der Waals surface area (Å²) >= 11 is 0. The van der Waals surface area contributed by atoms with Crippen molar-refractivity contribution in [2.24, 2.45) is 0 Å². The van der Waals surface area contributed by atoms with E-state index >= 15 is 0 Å². The van der Waals surface area contributed by atoms with Crippen molar-refractivity contribution in [1.82, 2.24) is 4.72 Å². The van der Waals surface area contributed by atoms with Crippen molar-refractivity contribution in [3.8, 4) is 0 Å². The van der Waals surface area contributed by atoms with Gasteiger partial charge in [0.1, 0.15) is 0 Å². The maximum atomic E-state index is 11.7. The van der Waals surface area contributed by atoms with E-state index < -0.39 is 34.4 Å². The van der Waals surface area contributed by atoms with Crippen molar-refractivity contribution in [3.63, 3.8) is 0 Å². The van der Waals surface area contributed by atoms with Gasteiger partial charge < -0.3 is 9.84 Å². The summed E-state index contributed by atoms with van der Waals surface area (Å²) in [5.74, 6) is -1.58. The van der Waals surface area contributed by atoms with Gasteiger partial charge in [0.25, 0.3) is 0 Å². The average molecular weight is 287 g/mol. The fourth-order valence-electron chi connectivity index (χ4n) is 1.51. The Morgan fingerprint density at radius 2 is 2.00 bits per heavy atom. The minimum absolute atomic E-state index is 0.121. The first-order chi connectivity index (χ1) is 8.98. The second-order valence-electron chi connectivity index (χ2n) is 3.83. The van der Waals surface area contributed by atoms with Gasteiger partial charge >= 0.3 is 5.97 Å². The summed E-state index contributed by atoms with van der Waals surface area (Å²) in [5.41, 5.74) is 0.623. The summed E-state index contributed by atoms with van der Waals surface area (Å²) in [4.78, 5) is 11.2. The van der Waals surface area contributed by atoms with Gasteiger partial charge in [-0.2, -0.15) is 0 Å². The molecule has 0 fully saturated rings. The largest absolute Gasteiger partial charge is 0.465 e. The molecule has 1 aromatic carbocycles. The van der Waals surface area contributed by atoms with Gasteiger partial charge in [0, 0.05) is 0 Å². The van der Waals surface area contributed by atoms with Crippen molar-refractivity contribution in [2.45, 2.75) is 13.0 Å². The van der Waals surface area contributed by atoms with Gasteiger partial charge in [0.05, 0.1) is 19.3 Å². The fraction of sp³-hybridized carbons (Fsp3) is 0.417. The average Bonchev–Trinajstić information content (AvgIpc) is 2.36. The summed E-state index contributed by atoms with van der Waals surface area (Å²) in [7, 11) is -3.85. The lowest BCUT2D eigenvalue weighted by Gasteiger charge is -2.16. The number of carbonyl (C=O) groups excluding carboxylic acids is 1. The number of carbonyl (C=O) groups is 1. The SMILES string of the molecule is CCOC(=O)CS(=O)(=O)N[C@@H](CO)c1ccccc1. The Morgan fingerprint density at radius 3 is 2.53 bits per heavy atom. The van der Waals surface area contributed by atoms with E-state index in [1.54, 1.807) is 37.3 Å². The molecule has 0 aliphatic heterocycles. The zero-order valence-electron chi connectivity index (χ0n) is 10.6. The summed E-state index contributed by atoms with van der Waals surface area (Å²) in [6.45, 7) is 1.32. The van der Waals surface area contributed by atoms with E-state index in [9.17, 15) is 18.3 Å². The second kappa shape index (κ2) is 7.22. The lowest BCUT2D eigenvalue weighted by molar-refractivity contribution is -0.139. The van der Waals surface area contributed by atoms with Crippen LogP contribution in [0.25, 0.3) is 0 Å². The summed E-state index contributed by atoms with van der Waals surface area (Å²) in [5, 5.41) is 9.24. The van der Waals surface area contributed by atoms with E-state index in [2.05, 4.69) is 9.46 Å². The third-order valence-electron chi connectivity index (χ3n) is 2.32. The molecule has 0 amide bonds. The first-order valence-electron chi connectivity index (χ1n) is 5.80. The quantitative estimate of drug-likeness (QED) is 0.699. The fourth-order valence-corrected chi connectivity index (χ4v) is 2.63. The number of hydrogen-bond donors (Lipinski definition) is 2. The molecule has 6 nitrogen and oxygen atoms in total. The molecule has 0 saturated heterocycles. The molecule has 0 saturated carbocycles. The van der Waals surface area contributed by atoms with Crippen LogP contribution in [0.1, 0.15) is 18.5 Å². The zero-order chi connectivity index (χ0) is 14.3. The molecule has 0 aromatic heterocycles. The second-order valence-corrected chi connectivity index (χ2v) is 5.58. The molecule has 0 radical (unpaired) electrons. The molecule has 0 heterocycles. The molecule has 7 heteroatoms. The lowest BCUT2D eigenvalue weighted by Crippen LogP contribution is -2.35. The first kappa shape index (κ1) is 15.6. The predicted octanol–water partition coefficient (Wildman–Crippen LogP) is 0.203. The Bertz CT molecular complexity index is 500. The minimum Gasteiger partial charge on any atom is -0.465 e. The Morgan fingerprint density at radius 1 is 1.37 bits per heavy atom. The van der Waals surface area contributed by atoms with E-state index in [1.807, 2.05) is 0 Å². The molecule has 1 atom stereocenters. The normalized spacial score (nSPS) is 12.9. The molecule has 19 heavy (non-hydrogen) atoms. The Hall–Kier alpha value is -1.44. The number of benzene rings is 1. The van der Waals surface area contributed by atoms with Gasteiger partial charge in [-0.25, -0.2) is 13.1 Å². The Kier molecular flexibility index (Phi) is 5.94. The highest BCUT2D eigenvalue weighted by molar-refractivity contribution is 7.90. The van der Waals surface area contributed by atoms with Crippen LogP contribution in [0.3, 0.4) is 0 Å². The van der Waals surface area contributed by atoms with Crippen LogP contribution in [0.5, 0.6) is 0 Å². The van der Waals surface area contributed by atoms with Crippen LogP contribution in [0.4, 0.5) is 0 Å². The predicted molar refractivity (Wildman–Crippen MR) is 69.8 cm³/mol. The molecular formula is C12H17NO5S. The third kappa shape index (κ3) is 5.37. The molecule has 106 valence electrons. The van der Waals surface area contributed by atoms with Crippen LogP contribution in [0.15, 0.2) is 30.3 Å². The molecule has 0 aliphatic carbocycles. The molecule has 1 aromatic rings. The summed E-state index contributed by atoms with van der Waals surface area (Å²) < 4.78 is 30.3. The number of esters is 1. The monoisotopic (exact) mass is 287 g/mol. The van der Waals surface area contributed by atoms with Crippen LogP contribution in [0.2, 0.25) is 0 Å². The van der Waals surface area contributed by atoms with E-state index in [4.69, 9.17) is 0 Å². The van der Waals surface area contributed by atoms with E-state index in [-0.39, 0.29) is 6.61 Å². The molecular weight excluding hydrogens is 270 g/mol. The number of nitrogens with one attached hydrogen (secondary N) is 1. The standard InChI is InChI=1S/C12H17NO5S/c1-2-18-12(15)9-19(16,17)13-11(8-14)10-6-4-3-5-7-10/h3-7,11,13-14H,2,8-9H2,1H3/t11-/m0/s1. The maximum absolute atomic E-state index is 11.7. The maximum Gasteiger partial charge on any atom is 0.322 e. The van der Waals surface area contributed by atoms with Crippen LogP contribution < -0.4 is 4.72 Å². The lowest BCUT2D eigenvalue weighted by atomic mass is 10.1. The van der Waals surface area contributed by atoms with Gasteiger partial charge in [0.2, 0.25) is 10.0 Å². The van der Waals surface area contributed by atoms with Crippen molar-refractivity contribution >= 4 is 16.0 Å². The van der Waals surface area contributed by atoms with Gasteiger partial charge in [-0.05, 0) is 12.5 Å².